The van der Waals surface area contributed by atoms with Crippen LogP contribution in [0.4, 0.5) is 4.79 Å². The number of allylic oxidation sites excluding steroid dienone is 1. The predicted molar refractivity (Wildman–Crippen MR) is 131 cm³/mol. The highest BCUT2D eigenvalue weighted by Crippen LogP contribution is 2.31. The van der Waals surface area contributed by atoms with Crippen molar-refractivity contribution in [3.05, 3.63) is 22.0 Å². The number of carbonyl (C=O) groups is 3. The first-order valence-electron chi connectivity index (χ1n) is 11.6. The molecular weight excluding hydrogens is 428 g/mol. The Morgan fingerprint density at radius 1 is 1.16 bits per heavy atom. The molecule has 8 heteroatoms. The molecule has 0 rings (SSSR count). The van der Waals surface area contributed by atoms with E-state index in [0.29, 0.717) is 19.4 Å². The normalized spacial score (nSPS) is 14.1. The van der Waals surface area contributed by atoms with E-state index in [0.717, 1.165) is 30.6 Å². The largest absolute Gasteiger partial charge is 0.478 e. The van der Waals surface area contributed by atoms with Gasteiger partial charge in [0, 0.05) is 43.0 Å². The maximum Gasteiger partial charge on any atom is 0.407 e. The van der Waals surface area contributed by atoms with Crippen LogP contribution in [0.3, 0.4) is 0 Å². The summed E-state index contributed by atoms with van der Waals surface area (Å²) in [5.41, 5.74) is 0.210. The van der Waals surface area contributed by atoms with Crippen LogP contribution in [0.2, 0.25) is 0 Å². The van der Waals surface area contributed by atoms with E-state index in [1.165, 1.54) is 18.7 Å². The van der Waals surface area contributed by atoms with Crippen molar-refractivity contribution < 1.29 is 24.2 Å². The molecular formula is C24H42N2O5S. The van der Waals surface area contributed by atoms with Crippen LogP contribution in [0.5, 0.6) is 0 Å². The highest BCUT2D eigenvalue weighted by atomic mass is 32.2. The number of aliphatic carboxylic acids is 1. The molecule has 0 heterocycles. The Hall–Kier alpha value is -1.96. The van der Waals surface area contributed by atoms with E-state index in [9.17, 15) is 19.5 Å². The Morgan fingerprint density at radius 2 is 1.81 bits per heavy atom. The molecule has 0 aromatic heterocycles. The van der Waals surface area contributed by atoms with E-state index >= 15 is 0 Å². The van der Waals surface area contributed by atoms with Crippen LogP contribution in [-0.4, -0.2) is 53.7 Å². The lowest BCUT2D eigenvalue weighted by atomic mass is 9.95. The second kappa shape index (κ2) is 16.6. The molecule has 2 N–H and O–H groups in total. The summed E-state index contributed by atoms with van der Waals surface area (Å²) in [7, 11) is 1.81. The van der Waals surface area contributed by atoms with Gasteiger partial charge in [0.05, 0.1) is 0 Å². The lowest BCUT2D eigenvalue weighted by Gasteiger charge is -2.34. The molecule has 0 aliphatic rings. The summed E-state index contributed by atoms with van der Waals surface area (Å²) in [4.78, 5) is 38.8. The fourth-order valence-corrected chi connectivity index (χ4v) is 4.00. The van der Waals surface area contributed by atoms with Crippen LogP contribution < -0.4 is 5.32 Å². The molecule has 2 atom stereocenters. The molecule has 0 aromatic carbocycles. The summed E-state index contributed by atoms with van der Waals surface area (Å²) < 4.78 is 5.78. The van der Waals surface area contributed by atoms with E-state index in [1.807, 2.05) is 27.0 Å². The van der Waals surface area contributed by atoms with Crippen molar-refractivity contribution in [3.8, 4) is 0 Å². The van der Waals surface area contributed by atoms with Crippen LogP contribution in [0.25, 0.3) is 0 Å². The number of hydrogen-bond acceptors (Lipinski definition) is 5. The zero-order valence-electron chi connectivity index (χ0n) is 20.8. The quantitative estimate of drug-likeness (QED) is 0.304. The summed E-state index contributed by atoms with van der Waals surface area (Å²) >= 11 is 1.26. The van der Waals surface area contributed by atoms with Gasteiger partial charge < -0.3 is 20.1 Å². The molecule has 0 fully saturated rings. The molecule has 184 valence electrons. The Labute approximate surface area is 198 Å². The first kappa shape index (κ1) is 30.0. The number of ether oxygens (including phenoxy) is 1. The van der Waals surface area contributed by atoms with Crippen LogP contribution >= 0.6 is 11.8 Å². The third kappa shape index (κ3) is 11.6. The summed E-state index contributed by atoms with van der Waals surface area (Å²) in [5.74, 6) is -0.759. The molecule has 0 saturated heterocycles. The molecule has 0 radical (unpaired) electrons. The van der Waals surface area contributed by atoms with Crippen LogP contribution in [0.15, 0.2) is 22.0 Å². The molecule has 2 unspecified atom stereocenters. The number of rotatable bonds is 15. The van der Waals surface area contributed by atoms with Gasteiger partial charge in [0.1, 0.15) is 6.10 Å². The number of amides is 2. The van der Waals surface area contributed by atoms with Gasteiger partial charge in [-0.1, -0.05) is 58.4 Å². The minimum absolute atomic E-state index is 0.0793. The SMILES string of the molecule is CCC/C=C(/S/C=C(\C)C(=O)O)C(CC(C(C)C)N(C)C(=O)CCCC)OC(=O)NCC. The second-order valence-electron chi connectivity index (χ2n) is 8.20. The van der Waals surface area contributed by atoms with Gasteiger partial charge in [0.2, 0.25) is 5.91 Å². The summed E-state index contributed by atoms with van der Waals surface area (Å²) in [6, 6.07) is -0.131. The molecule has 0 aliphatic carbocycles. The number of carboxylic acids is 1. The van der Waals surface area contributed by atoms with E-state index in [-0.39, 0.29) is 23.4 Å². The van der Waals surface area contributed by atoms with Crippen molar-refractivity contribution in [2.45, 2.75) is 92.2 Å². The Kier molecular flexibility index (Phi) is 15.6. The Balaban J connectivity index is 5.95. The topological polar surface area (TPSA) is 95.9 Å². The number of carbonyl (C=O) groups excluding carboxylic acids is 2. The zero-order chi connectivity index (χ0) is 24.7. The number of thioether (sulfide) groups is 1. The second-order valence-corrected chi connectivity index (χ2v) is 9.14. The Morgan fingerprint density at radius 3 is 2.31 bits per heavy atom. The van der Waals surface area contributed by atoms with Gasteiger partial charge in [-0.05, 0) is 38.0 Å². The fourth-order valence-electron chi connectivity index (χ4n) is 3.07. The predicted octanol–water partition coefficient (Wildman–Crippen LogP) is 5.57. The van der Waals surface area contributed by atoms with Gasteiger partial charge >= 0.3 is 12.1 Å². The number of alkyl carbamates (subject to hydrolysis) is 1. The lowest BCUT2D eigenvalue weighted by molar-refractivity contribution is -0.134. The fraction of sp³-hybridized carbons (Fsp3) is 0.708. The van der Waals surface area contributed by atoms with Gasteiger partial charge in [-0.3, -0.25) is 4.79 Å². The number of nitrogens with one attached hydrogen (secondary N) is 1. The van der Waals surface area contributed by atoms with E-state index < -0.39 is 18.2 Å². The third-order valence-corrected chi connectivity index (χ3v) is 6.26. The summed E-state index contributed by atoms with van der Waals surface area (Å²) in [6.45, 7) is 12.0. The third-order valence-electron chi connectivity index (χ3n) is 5.09. The number of nitrogens with zero attached hydrogens (tertiary/aromatic N) is 1. The molecule has 0 bridgehead atoms. The van der Waals surface area contributed by atoms with Crippen LogP contribution in [0.1, 0.15) is 80.1 Å². The zero-order valence-corrected chi connectivity index (χ0v) is 21.6. The van der Waals surface area contributed by atoms with Crippen molar-refractivity contribution in [1.29, 1.82) is 0 Å². The minimum Gasteiger partial charge on any atom is -0.478 e. The minimum atomic E-state index is -0.991. The number of unbranched alkanes of at least 4 members (excludes halogenated alkanes) is 2. The molecule has 2 amide bonds. The smallest absolute Gasteiger partial charge is 0.407 e. The molecule has 32 heavy (non-hydrogen) atoms. The molecule has 7 nitrogen and oxygen atoms in total. The maximum atomic E-state index is 12.7. The first-order valence-corrected chi connectivity index (χ1v) is 12.4. The highest BCUT2D eigenvalue weighted by molar-refractivity contribution is 8.05. The average molecular weight is 471 g/mol. The van der Waals surface area contributed by atoms with Crippen LogP contribution in [-0.2, 0) is 14.3 Å². The van der Waals surface area contributed by atoms with Gasteiger partial charge in [-0.15, -0.1) is 0 Å². The summed E-state index contributed by atoms with van der Waals surface area (Å²) in [6.07, 6.45) is 5.27. The monoisotopic (exact) mass is 470 g/mol. The van der Waals surface area contributed by atoms with E-state index in [1.54, 1.807) is 10.3 Å². The van der Waals surface area contributed by atoms with Gasteiger partial charge in [0.25, 0.3) is 0 Å². The standard InChI is InChI=1S/C24H42N2O5S/c1-8-11-13-21(32-16-18(6)23(28)29)20(31-24(30)25-10-3)15-19(17(4)5)26(7)22(27)14-12-9-2/h13,16-17,19-20H,8-12,14-15H2,1-7H3,(H,25,30)(H,28,29)/b18-16+,21-13+. The van der Waals surface area contributed by atoms with E-state index in [4.69, 9.17) is 4.74 Å². The van der Waals surface area contributed by atoms with Crippen molar-refractivity contribution in [3.63, 3.8) is 0 Å². The van der Waals surface area contributed by atoms with Gasteiger partial charge in [-0.2, -0.15) is 0 Å². The van der Waals surface area contributed by atoms with Crippen LogP contribution in [0, 0.1) is 5.92 Å². The van der Waals surface area contributed by atoms with E-state index in [2.05, 4.69) is 26.1 Å². The van der Waals surface area contributed by atoms with Crippen molar-refractivity contribution in [2.75, 3.05) is 13.6 Å². The number of carboxylic acid groups (broad SMARTS) is 1. The van der Waals surface area contributed by atoms with Crippen molar-refractivity contribution >= 4 is 29.7 Å². The average Bonchev–Trinajstić information content (AvgIpc) is 2.74. The summed E-state index contributed by atoms with van der Waals surface area (Å²) in [5, 5.41) is 13.4. The molecule has 0 aliphatic heterocycles. The highest BCUT2D eigenvalue weighted by Gasteiger charge is 2.30. The molecule has 0 saturated carbocycles. The first-order chi connectivity index (χ1) is 15.1. The molecule has 0 aromatic rings. The van der Waals surface area contributed by atoms with Gasteiger partial charge in [-0.25, -0.2) is 9.59 Å². The molecule has 0 spiro atoms. The van der Waals surface area contributed by atoms with Crippen molar-refractivity contribution in [2.24, 2.45) is 5.92 Å². The van der Waals surface area contributed by atoms with Crippen molar-refractivity contribution in [1.82, 2.24) is 10.2 Å². The van der Waals surface area contributed by atoms with Gasteiger partial charge in [0.15, 0.2) is 0 Å². The Bertz CT molecular complexity index is 661. The maximum absolute atomic E-state index is 12.7. The number of hydrogen-bond donors (Lipinski definition) is 2. The lowest BCUT2D eigenvalue weighted by Crippen LogP contribution is -2.43.